The number of likely N-dealkylation sites (tertiary alicyclic amines) is 1. The first-order chi connectivity index (χ1) is 17.6. The van der Waals surface area contributed by atoms with Gasteiger partial charge in [0.1, 0.15) is 0 Å². The number of carbonyl (C=O) groups excluding carboxylic acids is 2. The average Bonchev–Trinajstić information content (AvgIpc) is 2.90. The number of halogens is 1. The van der Waals surface area contributed by atoms with Gasteiger partial charge in [0.25, 0.3) is 11.8 Å². The van der Waals surface area contributed by atoms with Crippen LogP contribution in [0.3, 0.4) is 0 Å². The minimum absolute atomic E-state index is 0.289. The van der Waals surface area contributed by atoms with E-state index < -0.39 is 0 Å². The van der Waals surface area contributed by atoms with Crippen molar-refractivity contribution in [2.24, 2.45) is 0 Å². The Morgan fingerprint density at radius 3 is 2.28 bits per heavy atom. The van der Waals surface area contributed by atoms with Crippen molar-refractivity contribution in [3.63, 3.8) is 0 Å². The summed E-state index contributed by atoms with van der Waals surface area (Å²) in [5.41, 5.74) is 4.01. The van der Waals surface area contributed by atoms with Gasteiger partial charge in [-0.05, 0) is 54.8 Å². The molecule has 2 heterocycles. The van der Waals surface area contributed by atoms with Crippen LogP contribution in [0.4, 0.5) is 11.4 Å². The zero-order valence-electron chi connectivity index (χ0n) is 19.8. The molecule has 36 heavy (non-hydrogen) atoms. The highest BCUT2D eigenvalue weighted by molar-refractivity contribution is 9.10. The van der Waals surface area contributed by atoms with Gasteiger partial charge in [-0.3, -0.25) is 14.5 Å². The topological polar surface area (TPSA) is 52.7 Å². The second-order valence-corrected chi connectivity index (χ2v) is 10.4. The van der Waals surface area contributed by atoms with Gasteiger partial charge in [0.05, 0.1) is 5.69 Å². The van der Waals surface area contributed by atoms with Crippen molar-refractivity contribution >= 4 is 49.9 Å². The maximum Gasteiger partial charge on any atom is 0.265 e. The van der Waals surface area contributed by atoms with Crippen molar-refractivity contribution in [1.29, 1.82) is 0 Å². The Balaban J connectivity index is 1.24. The summed E-state index contributed by atoms with van der Waals surface area (Å²) in [5.74, 6) is -0.579. The van der Waals surface area contributed by atoms with Gasteiger partial charge < -0.3 is 5.32 Å². The van der Waals surface area contributed by atoms with Crippen LogP contribution in [0.25, 0.3) is 10.8 Å². The molecule has 0 aromatic heterocycles. The number of benzene rings is 4. The minimum atomic E-state index is -0.289. The van der Waals surface area contributed by atoms with E-state index in [0.29, 0.717) is 22.9 Å². The van der Waals surface area contributed by atoms with Crippen LogP contribution in [0.5, 0.6) is 0 Å². The van der Waals surface area contributed by atoms with Crippen LogP contribution in [-0.4, -0.2) is 35.8 Å². The van der Waals surface area contributed by atoms with E-state index in [1.54, 1.807) is 12.1 Å². The molecule has 4 aromatic carbocycles. The van der Waals surface area contributed by atoms with Gasteiger partial charge in [-0.1, -0.05) is 64.5 Å². The summed E-state index contributed by atoms with van der Waals surface area (Å²) < 4.78 is 0.818. The van der Waals surface area contributed by atoms with Gasteiger partial charge in [0.15, 0.2) is 0 Å². The lowest BCUT2D eigenvalue weighted by Gasteiger charge is -2.33. The third-order valence-corrected chi connectivity index (χ3v) is 7.66. The van der Waals surface area contributed by atoms with Crippen LogP contribution in [-0.2, 0) is 6.54 Å². The van der Waals surface area contributed by atoms with Gasteiger partial charge in [-0.15, -0.1) is 0 Å². The SMILES string of the molecule is O=C1c2cccc3c(NC4CCN(Cc5ccccc5)CC4)ccc(c23)C(=O)N1c1cccc(Br)c1. The van der Waals surface area contributed by atoms with E-state index in [1.807, 2.05) is 42.5 Å². The molecule has 0 atom stereocenters. The molecular weight excluding hydrogens is 514 g/mol. The molecule has 0 spiro atoms. The fraction of sp³-hybridized carbons (Fsp3) is 0.200. The van der Waals surface area contributed by atoms with Crippen LogP contribution >= 0.6 is 15.9 Å². The van der Waals surface area contributed by atoms with Crippen LogP contribution in [0.2, 0.25) is 0 Å². The maximum atomic E-state index is 13.5. The van der Waals surface area contributed by atoms with Crippen molar-refractivity contribution < 1.29 is 9.59 Å². The fourth-order valence-corrected chi connectivity index (χ4v) is 5.76. The Morgan fingerprint density at radius 1 is 0.806 bits per heavy atom. The molecule has 1 fully saturated rings. The lowest BCUT2D eigenvalue weighted by molar-refractivity contribution is 0.0893. The van der Waals surface area contributed by atoms with E-state index in [-0.39, 0.29) is 11.8 Å². The third-order valence-electron chi connectivity index (χ3n) is 7.17. The van der Waals surface area contributed by atoms with E-state index in [4.69, 9.17) is 0 Å². The third kappa shape index (κ3) is 4.21. The molecule has 0 bridgehead atoms. The average molecular weight is 540 g/mol. The quantitative estimate of drug-likeness (QED) is 0.295. The molecule has 6 rings (SSSR count). The molecule has 1 N–H and O–H groups in total. The summed E-state index contributed by atoms with van der Waals surface area (Å²) in [4.78, 5) is 30.7. The monoisotopic (exact) mass is 539 g/mol. The second-order valence-electron chi connectivity index (χ2n) is 9.49. The zero-order chi connectivity index (χ0) is 24.6. The van der Waals surface area contributed by atoms with E-state index >= 15 is 0 Å². The summed E-state index contributed by atoms with van der Waals surface area (Å²) in [6.45, 7) is 3.05. The predicted molar refractivity (Wildman–Crippen MR) is 148 cm³/mol. The van der Waals surface area contributed by atoms with Crippen LogP contribution in [0, 0.1) is 0 Å². The number of carbonyl (C=O) groups is 2. The van der Waals surface area contributed by atoms with Crippen molar-refractivity contribution in [2.75, 3.05) is 23.3 Å². The number of piperidine rings is 1. The number of imide groups is 1. The normalized spacial score (nSPS) is 16.5. The van der Waals surface area contributed by atoms with E-state index in [0.717, 1.165) is 53.4 Å². The molecule has 6 heteroatoms. The summed E-state index contributed by atoms with van der Waals surface area (Å²) in [6, 6.07) is 27.8. The highest BCUT2D eigenvalue weighted by Crippen LogP contribution is 2.37. The number of nitrogens with zero attached hydrogens (tertiary/aromatic N) is 2. The van der Waals surface area contributed by atoms with Crippen molar-refractivity contribution in [2.45, 2.75) is 25.4 Å². The molecule has 0 radical (unpaired) electrons. The predicted octanol–water partition coefficient (Wildman–Crippen LogP) is 6.48. The van der Waals surface area contributed by atoms with Gasteiger partial charge in [-0.2, -0.15) is 0 Å². The lowest BCUT2D eigenvalue weighted by Crippen LogP contribution is -2.40. The zero-order valence-corrected chi connectivity index (χ0v) is 21.4. The molecule has 1 saturated heterocycles. The minimum Gasteiger partial charge on any atom is -0.382 e. The molecule has 2 aliphatic heterocycles. The number of nitrogens with one attached hydrogen (secondary N) is 1. The van der Waals surface area contributed by atoms with E-state index in [9.17, 15) is 9.59 Å². The molecule has 2 aliphatic rings. The highest BCUT2D eigenvalue weighted by atomic mass is 79.9. The van der Waals surface area contributed by atoms with Crippen molar-refractivity contribution in [3.05, 3.63) is 106 Å². The smallest absolute Gasteiger partial charge is 0.265 e. The summed E-state index contributed by atoms with van der Waals surface area (Å²) >= 11 is 3.45. The Labute approximate surface area is 218 Å². The number of anilines is 2. The summed E-state index contributed by atoms with van der Waals surface area (Å²) in [6.07, 6.45) is 2.09. The standard InChI is InChI=1S/C30H26BrN3O2/c31-21-8-4-9-23(18-21)34-29(35)25-11-5-10-24-27(13-12-26(28(24)25)30(34)36)32-22-14-16-33(17-15-22)19-20-6-2-1-3-7-20/h1-13,18,22,32H,14-17,19H2. The van der Waals surface area contributed by atoms with E-state index in [2.05, 4.69) is 56.5 Å². The molecule has 0 saturated carbocycles. The number of amides is 2. The van der Waals surface area contributed by atoms with Crippen LogP contribution in [0.15, 0.2) is 89.4 Å². The number of rotatable bonds is 5. The van der Waals surface area contributed by atoms with Crippen LogP contribution in [0.1, 0.15) is 39.1 Å². The first-order valence-electron chi connectivity index (χ1n) is 12.3. The van der Waals surface area contributed by atoms with Crippen LogP contribution < -0.4 is 10.2 Å². The fourth-order valence-electron chi connectivity index (χ4n) is 5.37. The number of hydrogen-bond acceptors (Lipinski definition) is 4. The Hall–Kier alpha value is -3.48. The van der Waals surface area contributed by atoms with Gasteiger partial charge in [0, 0.05) is 57.7 Å². The van der Waals surface area contributed by atoms with Gasteiger partial charge >= 0.3 is 0 Å². The highest BCUT2D eigenvalue weighted by Gasteiger charge is 2.34. The van der Waals surface area contributed by atoms with Crippen molar-refractivity contribution in [3.8, 4) is 0 Å². The first kappa shape index (κ1) is 23.0. The molecule has 180 valence electrons. The lowest BCUT2D eigenvalue weighted by atomic mass is 9.92. The second kappa shape index (κ2) is 9.52. The maximum absolute atomic E-state index is 13.5. The molecule has 2 amide bonds. The Kier molecular flexibility index (Phi) is 6.07. The molecule has 0 unspecified atom stereocenters. The summed E-state index contributed by atoms with van der Waals surface area (Å²) in [5, 5.41) is 5.39. The van der Waals surface area contributed by atoms with Crippen molar-refractivity contribution in [1.82, 2.24) is 4.90 Å². The Bertz CT molecular complexity index is 1440. The first-order valence-corrected chi connectivity index (χ1v) is 13.1. The molecule has 5 nitrogen and oxygen atoms in total. The summed E-state index contributed by atoms with van der Waals surface area (Å²) in [7, 11) is 0. The number of hydrogen-bond donors (Lipinski definition) is 1. The van der Waals surface area contributed by atoms with E-state index in [1.165, 1.54) is 10.5 Å². The molecule has 4 aromatic rings. The largest absolute Gasteiger partial charge is 0.382 e. The van der Waals surface area contributed by atoms with Gasteiger partial charge in [-0.25, -0.2) is 4.90 Å². The van der Waals surface area contributed by atoms with Gasteiger partial charge in [0.2, 0.25) is 0 Å². The molecule has 0 aliphatic carbocycles. The Morgan fingerprint density at radius 2 is 1.53 bits per heavy atom. The molecular formula is C30H26BrN3O2.